The number of rotatable bonds is 5. The Kier molecular flexibility index (Phi) is 5.78. The lowest BCUT2D eigenvalue weighted by molar-refractivity contribution is -0.131. The van der Waals surface area contributed by atoms with E-state index in [1.54, 1.807) is 7.05 Å². The van der Waals surface area contributed by atoms with Crippen molar-refractivity contribution in [2.45, 2.75) is 44.6 Å². The third-order valence-corrected chi connectivity index (χ3v) is 4.14. The number of carbonyl (C=O) groups excluding carboxylic acids is 2. The number of hydrogen-bond donors (Lipinski definition) is 2. The van der Waals surface area contributed by atoms with Crippen molar-refractivity contribution in [2.24, 2.45) is 5.92 Å². The summed E-state index contributed by atoms with van der Waals surface area (Å²) < 4.78 is 0. The second kappa shape index (κ2) is 7.81. The van der Waals surface area contributed by atoms with Gasteiger partial charge < -0.3 is 10.6 Å². The first-order valence-electron chi connectivity index (χ1n) is 7.76. The monoisotopic (exact) mass is 288 g/mol. The van der Waals surface area contributed by atoms with Crippen LogP contribution >= 0.6 is 0 Å². The molecular weight excluding hydrogens is 264 g/mol. The zero-order chi connectivity index (χ0) is 15.1. The molecule has 1 saturated carbocycles. The zero-order valence-corrected chi connectivity index (χ0v) is 12.6. The van der Waals surface area contributed by atoms with Gasteiger partial charge in [-0.2, -0.15) is 0 Å². The number of benzene rings is 1. The van der Waals surface area contributed by atoms with Crippen molar-refractivity contribution >= 4 is 11.8 Å². The number of nitrogens with one attached hydrogen (secondary N) is 2. The van der Waals surface area contributed by atoms with E-state index in [0.717, 1.165) is 31.2 Å². The first-order chi connectivity index (χ1) is 10.2. The van der Waals surface area contributed by atoms with Crippen LogP contribution in [0.1, 0.15) is 37.7 Å². The Morgan fingerprint density at radius 3 is 2.43 bits per heavy atom. The summed E-state index contributed by atoms with van der Waals surface area (Å²) in [5.41, 5.74) is 1.05. The quantitative estimate of drug-likeness (QED) is 0.871. The van der Waals surface area contributed by atoms with Gasteiger partial charge in [0.2, 0.25) is 11.8 Å². The molecule has 0 bridgehead atoms. The molecule has 0 aliphatic heterocycles. The van der Waals surface area contributed by atoms with E-state index in [0.29, 0.717) is 6.42 Å². The minimum absolute atomic E-state index is 0.0271. The van der Waals surface area contributed by atoms with E-state index < -0.39 is 6.04 Å². The summed E-state index contributed by atoms with van der Waals surface area (Å²) in [6, 6.07) is 9.29. The van der Waals surface area contributed by atoms with Crippen LogP contribution < -0.4 is 10.6 Å². The molecule has 114 valence electrons. The molecule has 1 aromatic rings. The highest BCUT2D eigenvalue weighted by Crippen LogP contribution is 2.23. The van der Waals surface area contributed by atoms with Crippen LogP contribution in [0.5, 0.6) is 0 Å². The van der Waals surface area contributed by atoms with Gasteiger partial charge in [-0.25, -0.2) is 0 Å². The highest BCUT2D eigenvalue weighted by atomic mass is 16.2. The fourth-order valence-corrected chi connectivity index (χ4v) is 2.89. The normalized spacial score (nSPS) is 17.0. The lowest BCUT2D eigenvalue weighted by Crippen LogP contribution is -2.49. The summed E-state index contributed by atoms with van der Waals surface area (Å²) in [5, 5.41) is 5.57. The van der Waals surface area contributed by atoms with E-state index in [1.807, 2.05) is 30.3 Å². The van der Waals surface area contributed by atoms with Crippen molar-refractivity contribution in [3.05, 3.63) is 35.9 Å². The first kappa shape index (κ1) is 15.5. The van der Waals surface area contributed by atoms with Gasteiger partial charge in [-0.05, 0) is 18.4 Å². The Morgan fingerprint density at radius 1 is 1.14 bits per heavy atom. The van der Waals surface area contributed by atoms with Crippen molar-refractivity contribution < 1.29 is 9.59 Å². The standard InChI is InChI=1S/C17H24N2O2/c1-18-17(21)15(12-13-8-4-2-5-9-13)19-16(20)14-10-6-3-7-11-14/h2,4-5,8-9,14-15H,3,6-7,10-12H2,1H3,(H,18,21)(H,19,20). The number of carbonyl (C=O) groups is 2. The van der Waals surface area contributed by atoms with Crippen molar-refractivity contribution in [1.82, 2.24) is 10.6 Å². The summed E-state index contributed by atoms with van der Waals surface area (Å²) >= 11 is 0. The molecular formula is C17H24N2O2. The maximum Gasteiger partial charge on any atom is 0.242 e. The van der Waals surface area contributed by atoms with Gasteiger partial charge >= 0.3 is 0 Å². The summed E-state index contributed by atoms with van der Waals surface area (Å²) in [5.74, 6) is -0.0380. The summed E-state index contributed by atoms with van der Waals surface area (Å²) in [6.07, 6.45) is 5.85. The van der Waals surface area contributed by atoms with Crippen molar-refractivity contribution in [3.63, 3.8) is 0 Å². The largest absolute Gasteiger partial charge is 0.357 e. The smallest absolute Gasteiger partial charge is 0.242 e. The van der Waals surface area contributed by atoms with Gasteiger partial charge in [0.25, 0.3) is 0 Å². The maximum absolute atomic E-state index is 12.3. The molecule has 1 aromatic carbocycles. The average molecular weight is 288 g/mol. The summed E-state index contributed by atoms with van der Waals surface area (Å²) in [4.78, 5) is 24.3. The van der Waals surface area contributed by atoms with Crippen LogP contribution in [0.25, 0.3) is 0 Å². The van der Waals surface area contributed by atoms with E-state index in [-0.39, 0.29) is 17.7 Å². The van der Waals surface area contributed by atoms with E-state index in [4.69, 9.17) is 0 Å². The van der Waals surface area contributed by atoms with Gasteiger partial charge in [0.1, 0.15) is 6.04 Å². The van der Waals surface area contributed by atoms with Crippen LogP contribution in [0.15, 0.2) is 30.3 Å². The minimum Gasteiger partial charge on any atom is -0.357 e. The number of amides is 2. The Morgan fingerprint density at radius 2 is 1.81 bits per heavy atom. The molecule has 2 amide bonds. The number of hydrogen-bond acceptors (Lipinski definition) is 2. The molecule has 1 atom stereocenters. The Balaban J connectivity index is 1.99. The van der Waals surface area contributed by atoms with Crippen molar-refractivity contribution in [3.8, 4) is 0 Å². The fourth-order valence-electron chi connectivity index (χ4n) is 2.89. The van der Waals surface area contributed by atoms with Crippen LogP contribution in [0.2, 0.25) is 0 Å². The van der Waals surface area contributed by atoms with Gasteiger partial charge in [-0.1, -0.05) is 49.6 Å². The van der Waals surface area contributed by atoms with Gasteiger partial charge in [0, 0.05) is 19.4 Å². The molecule has 4 heteroatoms. The van der Waals surface area contributed by atoms with Crippen molar-refractivity contribution in [2.75, 3.05) is 7.05 Å². The van der Waals surface area contributed by atoms with E-state index in [1.165, 1.54) is 6.42 Å². The highest BCUT2D eigenvalue weighted by molar-refractivity contribution is 5.88. The third-order valence-electron chi connectivity index (χ3n) is 4.14. The van der Waals surface area contributed by atoms with Crippen LogP contribution in [0, 0.1) is 5.92 Å². The zero-order valence-electron chi connectivity index (χ0n) is 12.6. The molecule has 2 rings (SSSR count). The summed E-state index contributed by atoms with van der Waals surface area (Å²) in [7, 11) is 1.60. The predicted molar refractivity (Wildman–Crippen MR) is 82.7 cm³/mol. The molecule has 0 radical (unpaired) electrons. The van der Waals surface area contributed by atoms with Gasteiger partial charge in [0.05, 0.1) is 0 Å². The maximum atomic E-state index is 12.3. The molecule has 1 aliphatic carbocycles. The van der Waals surface area contributed by atoms with Crippen molar-refractivity contribution in [1.29, 1.82) is 0 Å². The lowest BCUT2D eigenvalue weighted by atomic mass is 9.88. The van der Waals surface area contributed by atoms with Gasteiger partial charge in [-0.3, -0.25) is 9.59 Å². The lowest BCUT2D eigenvalue weighted by Gasteiger charge is -2.24. The molecule has 1 unspecified atom stereocenters. The molecule has 4 nitrogen and oxygen atoms in total. The topological polar surface area (TPSA) is 58.2 Å². The molecule has 21 heavy (non-hydrogen) atoms. The van der Waals surface area contributed by atoms with Gasteiger partial charge in [0.15, 0.2) is 0 Å². The van der Waals surface area contributed by atoms with E-state index in [2.05, 4.69) is 10.6 Å². The van der Waals surface area contributed by atoms with Crippen LogP contribution in [0.4, 0.5) is 0 Å². The molecule has 1 fully saturated rings. The fraction of sp³-hybridized carbons (Fsp3) is 0.529. The molecule has 0 aromatic heterocycles. The molecule has 1 aliphatic rings. The second-order valence-electron chi connectivity index (χ2n) is 5.70. The molecule has 0 spiro atoms. The third kappa shape index (κ3) is 4.59. The minimum atomic E-state index is -0.494. The average Bonchev–Trinajstić information content (AvgIpc) is 2.55. The number of likely N-dealkylation sites (N-methyl/N-ethyl adjacent to an activating group) is 1. The predicted octanol–water partition coefficient (Wildman–Crippen LogP) is 2.04. The summed E-state index contributed by atoms with van der Waals surface area (Å²) in [6.45, 7) is 0. The van der Waals surface area contributed by atoms with Gasteiger partial charge in [-0.15, -0.1) is 0 Å². The Bertz CT molecular complexity index is 467. The van der Waals surface area contributed by atoms with Crippen LogP contribution in [0.3, 0.4) is 0 Å². The van der Waals surface area contributed by atoms with Crippen LogP contribution in [-0.4, -0.2) is 24.9 Å². The first-order valence-corrected chi connectivity index (χ1v) is 7.76. The van der Waals surface area contributed by atoms with E-state index >= 15 is 0 Å². The van der Waals surface area contributed by atoms with E-state index in [9.17, 15) is 9.59 Å². The molecule has 0 heterocycles. The second-order valence-corrected chi connectivity index (χ2v) is 5.70. The Hall–Kier alpha value is -1.84. The molecule has 0 saturated heterocycles. The highest BCUT2D eigenvalue weighted by Gasteiger charge is 2.26. The molecule has 2 N–H and O–H groups in total. The SMILES string of the molecule is CNC(=O)C(Cc1ccccc1)NC(=O)C1CCCCC1. The van der Waals surface area contributed by atoms with Crippen LogP contribution in [-0.2, 0) is 16.0 Å². The Labute approximate surface area is 126 Å².